The van der Waals surface area contributed by atoms with Crippen LogP contribution in [0.25, 0.3) is 0 Å². The Balaban J connectivity index is 1.84. The number of hydrogen-bond acceptors (Lipinski definition) is 2. The van der Waals surface area contributed by atoms with E-state index in [0.29, 0.717) is 0 Å². The molecular formula is C23H30ClNO. The van der Waals surface area contributed by atoms with Gasteiger partial charge in [-0.05, 0) is 57.0 Å². The van der Waals surface area contributed by atoms with Crippen molar-refractivity contribution in [2.24, 2.45) is 5.92 Å². The molecule has 0 aromatic heterocycles. The summed E-state index contributed by atoms with van der Waals surface area (Å²) in [5.74, 6) is 0.233. The molecule has 3 atom stereocenters. The van der Waals surface area contributed by atoms with Crippen molar-refractivity contribution in [2.75, 3.05) is 14.1 Å². The van der Waals surface area contributed by atoms with Gasteiger partial charge in [0.2, 0.25) is 0 Å². The lowest BCUT2D eigenvalue weighted by Gasteiger charge is -2.46. The number of nitrogens with zero attached hydrogens (tertiary/aromatic N) is 1. The summed E-state index contributed by atoms with van der Waals surface area (Å²) in [6, 6.07) is 18.8. The normalized spacial score (nSPS) is 24.6. The van der Waals surface area contributed by atoms with E-state index in [1.165, 1.54) is 12.0 Å². The molecule has 1 fully saturated rings. The van der Waals surface area contributed by atoms with E-state index >= 15 is 0 Å². The lowest BCUT2D eigenvalue weighted by Crippen LogP contribution is -2.47. The van der Waals surface area contributed by atoms with Crippen molar-refractivity contribution in [1.82, 2.24) is 4.90 Å². The summed E-state index contributed by atoms with van der Waals surface area (Å²) in [7, 11) is 4.25. The highest BCUT2D eigenvalue weighted by molar-refractivity contribution is 6.31. The molecule has 1 saturated carbocycles. The first-order valence-electron chi connectivity index (χ1n) is 9.68. The number of hydrogen-bond donors (Lipinski definition) is 1. The fourth-order valence-corrected chi connectivity index (χ4v) is 4.83. The lowest BCUT2D eigenvalue weighted by atomic mass is 9.67. The molecule has 140 valence electrons. The van der Waals surface area contributed by atoms with Gasteiger partial charge in [-0.15, -0.1) is 0 Å². The Hall–Kier alpha value is -1.35. The zero-order valence-electron chi connectivity index (χ0n) is 15.9. The molecular weight excluding hydrogens is 342 g/mol. The number of benzene rings is 2. The van der Waals surface area contributed by atoms with Crippen LogP contribution < -0.4 is 0 Å². The fraction of sp³-hybridized carbons (Fsp3) is 0.478. The highest BCUT2D eigenvalue weighted by Gasteiger charge is 2.43. The van der Waals surface area contributed by atoms with Crippen molar-refractivity contribution in [3.63, 3.8) is 0 Å². The third kappa shape index (κ3) is 4.31. The van der Waals surface area contributed by atoms with E-state index in [2.05, 4.69) is 55.4 Å². The van der Waals surface area contributed by atoms with Gasteiger partial charge in [0.15, 0.2) is 0 Å². The number of halogens is 1. The molecule has 2 nitrogen and oxygen atoms in total. The second-order valence-corrected chi connectivity index (χ2v) is 8.27. The minimum absolute atomic E-state index is 0.229. The van der Waals surface area contributed by atoms with Crippen molar-refractivity contribution < 1.29 is 5.11 Å². The van der Waals surface area contributed by atoms with E-state index in [-0.39, 0.29) is 12.0 Å². The monoisotopic (exact) mass is 371 g/mol. The maximum Gasteiger partial charge on any atom is 0.0697 e. The zero-order chi connectivity index (χ0) is 18.6. The fourth-order valence-electron chi connectivity index (χ4n) is 4.60. The van der Waals surface area contributed by atoms with E-state index in [1.54, 1.807) is 0 Å². The standard InChI is InChI=1S/C23H30ClNO/c1-25(2)22(19-11-4-3-5-12-19)20-13-8-9-16-23(20,26)17-15-18-10-6-7-14-21(18)24/h3-7,10-12,14,20,22,26H,8-9,13,15-17H2,1-2H3. The number of rotatable bonds is 6. The molecule has 2 aromatic rings. The SMILES string of the molecule is CN(C)C(c1ccccc1)C1CCCCC1(O)CCc1ccccc1Cl. The summed E-state index contributed by atoms with van der Waals surface area (Å²) in [6.45, 7) is 0. The molecule has 0 spiro atoms. The molecule has 1 aliphatic carbocycles. The highest BCUT2D eigenvalue weighted by atomic mass is 35.5. The van der Waals surface area contributed by atoms with Crippen LogP contribution in [0.4, 0.5) is 0 Å². The first-order chi connectivity index (χ1) is 12.5. The minimum Gasteiger partial charge on any atom is -0.390 e. The molecule has 0 heterocycles. The summed E-state index contributed by atoms with van der Waals surface area (Å²) in [5, 5.41) is 12.5. The second-order valence-electron chi connectivity index (χ2n) is 7.87. The molecule has 0 amide bonds. The van der Waals surface area contributed by atoms with Crippen molar-refractivity contribution >= 4 is 11.6 Å². The maximum atomic E-state index is 11.7. The van der Waals surface area contributed by atoms with Gasteiger partial charge in [-0.3, -0.25) is 0 Å². The maximum absolute atomic E-state index is 11.7. The largest absolute Gasteiger partial charge is 0.390 e. The topological polar surface area (TPSA) is 23.5 Å². The average Bonchev–Trinajstić information content (AvgIpc) is 2.64. The molecule has 3 rings (SSSR count). The van der Waals surface area contributed by atoms with E-state index in [1.807, 2.05) is 18.2 Å². The van der Waals surface area contributed by atoms with E-state index in [0.717, 1.165) is 42.7 Å². The van der Waals surface area contributed by atoms with Crippen LogP contribution in [0.1, 0.15) is 49.3 Å². The molecule has 0 aliphatic heterocycles. The van der Waals surface area contributed by atoms with Crippen molar-refractivity contribution in [1.29, 1.82) is 0 Å². The predicted octanol–water partition coefficient (Wildman–Crippen LogP) is 5.50. The molecule has 3 heteroatoms. The zero-order valence-corrected chi connectivity index (χ0v) is 16.6. The van der Waals surface area contributed by atoms with Crippen molar-refractivity contribution in [2.45, 2.75) is 50.2 Å². The van der Waals surface area contributed by atoms with Crippen LogP contribution in [0.3, 0.4) is 0 Å². The average molecular weight is 372 g/mol. The highest BCUT2D eigenvalue weighted by Crippen LogP contribution is 2.45. The first-order valence-corrected chi connectivity index (χ1v) is 10.1. The van der Waals surface area contributed by atoms with E-state index in [9.17, 15) is 5.11 Å². The third-order valence-electron chi connectivity index (χ3n) is 5.93. The molecule has 1 N–H and O–H groups in total. The van der Waals surface area contributed by atoms with Crippen LogP contribution >= 0.6 is 11.6 Å². The molecule has 2 aromatic carbocycles. The Morgan fingerprint density at radius 1 is 1.08 bits per heavy atom. The van der Waals surface area contributed by atoms with E-state index in [4.69, 9.17) is 11.6 Å². The summed E-state index contributed by atoms with van der Waals surface area (Å²) in [5.41, 5.74) is 1.77. The Morgan fingerprint density at radius 2 is 1.77 bits per heavy atom. The van der Waals surface area contributed by atoms with Gasteiger partial charge in [-0.2, -0.15) is 0 Å². The van der Waals surface area contributed by atoms with Crippen LogP contribution in [0.5, 0.6) is 0 Å². The molecule has 0 bridgehead atoms. The van der Waals surface area contributed by atoms with E-state index < -0.39 is 5.60 Å². The van der Waals surface area contributed by atoms with Crippen molar-refractivity contribution in [3.8, 4) is 0 Å². The van der Waals surface area contributed by atoms with Gasteiger partial charge in [0.25, 0.3) is 0 Å². The Bertz CT molecular complexity index is 702. The Labute approximate surface area is 162 Å². The van der Waals surface area contributed by atoms with Gasteiger partial charge in [-0.25, -0.2) is 0 Å². The smallest absolute Gasteiger partial charge is 0.0697 e. The van der Waals surface area contributed by atoms with Gasteiger partial charge in [0.05, 0.1) is 5.60 Å². The van der Waals surface area contributed by atoms with Gasteiger partial charge >= 0.3 is 0 Å². The summed E-state index contributed by atoms with van der Waals surface area (Å²) in [4.78, 5) is 2.27. The lowest BCUT2D eigenvalue weighted by molar-refractivity contribution is -0.0828. The van der Waals surface area contributed by atoms with Gasteiger partial charge < -0.3 is 10.0 Å². The molecule has 26 heavy (non-hydrogen) atoms. The third-order valence-corrected chi connectivity index (χ3v) is 6.30. The molecule has 0 saturated heterocycles. The summed E-state index contributed by atoms with van der Waals surface area (Å²) >= 11 is 6.34. The molecule has 3 unspecified atom stereocenters. The van der Waals surface area contributed by atoms with Crippen LogP contribution in [0.15, 0.2) is 54.6 Å². The van der Waals surface area contributed by atoms with Gasteiger partial charge in [-0.1, -0.05) is 73.0 Å². The quantitative estimate of drug-likeness (QED) is 0.725. The van der Waals surface area contributed by atoms with Crippen LogP contribution in [0.2, 0.25) is 5.02 Å². The second kappa shape index (κ2) is 8.56. The summed E-state index contributed by atoms with van der Waals surface area (Å²) in [6.07, 6.45) is 5.82. The van der Waals surface area contributed by atoms with Gasteiger partial charge in [0.1, 0.15) is 0 Å². The van der Waals surface area contributed by atoms with Crippen molar-refractivity contribution in [3.05, 3.63) is 70.7 Å². The minimum atomic E-state index is -0.651. The van der Waals surface area contributed by atoms with Gasteiger partial charge in [0, 0.05) is 17.0 Å². The van der Waals surface area contributed by atoms with Crippen LogP contribution in [-0.4, -0.2) is 29.7 Å². The Kier molecular flexibility index (Phi) is 6.39. The van der Waals surface area contributed by atoms with Crippen LogP contribution in [0, 0.1) is 5.92 Å². The molecule has 1 aliphatic rings. The number of aliphatic hydroxyl groups is 1. The Morgan fingerprint density at radius 3 is 2.46 bits per heavy atom. The molecule has 0 radical (unpaired) electrons. The number of aryl methyl sites for hydroxylation is 1. The summed E-state index contributed by atoms with van der Waals surface area (Å²) < 4.78 is 0. The predicted molar refractivity (Wildman–Crippen MR) is 110 cm³/mol. The van der Waals surface area contributed by atoms with Crippen LogP contribution in [-0.2, 0) is 6.42 Å². The first kappa shape index (κ1) is 19.4.